The smallest absolute Gasteiger partial charge is 0.110 e. The molecule has 0 saturated carbocycles. The van der Waals surface area contributed by atoms with Crippen LogP contribution in [0.1, 0.15) is 37.5 Å². The van der Waals surface area contributed by atoms with Crippen molar-refractivity contribution in [1.29, 1.82) is 0 Å². The lowest BCUT2D eigenvalue weighted by molar-refractivity contribution is 0.147. The molecule has 0 aliphatic carbocycles. The first-order valence-corrected chi connectivity index (χ1v) is 5.74. The van der Waals surface area contributed by atoms with Gasteiger partial charge in [0.1, 0.15) is 5.01 Å². The molecule has 0 aromatic carbocycles. The highest BCUT2D eigenvalue weighted by molar-refractivity contribution is 7.09. The first-order chi connectivity index (χ1) is 6.50. The van der Waals surface area contributed by atoms with Crippen molar-refractivity contribution in [2.45, 2.75) is 45.9 Å². The quantitative estimate of drug-likeness (QED) is 0.804. The highest BCUT2D eigenvalue weighted by Crippen LogP contribution is 2.18. The third kappa shape index (κ3) is 3.04. The molecule has 0 aliphatic rings. The van der Waals surface area contributed by atoms with Crippen molar-refractivity contribution in [1.82, 2.24) is 10.3 Å². The maximum absolute atomic E-state index is 9.34. The molecular formula is C10H18N2OS. The Morgan fingerprint density at radius 3 is 2.50 bits per heavy atom. The molecule has 80 valence electrons. The SMILES string of the molecule is Cc1csc(C(C)NC(C)C(C)O)n1. The second kappa shape index (κ2) is 4.87. The van der Waals surface area contributed by atoms with Crippen LogP contribution in [0.25, 0.3) is 0 Å². The highest BCUT2D eigenvalue weighted by Gasteiger charge is 2.15. The molecule has 1 aromatic rings. The van der Waals surface area contributed by atoms with Crippen molar-refractivity contribution in [3.8, 4) is 0 Å². The summed E-state index contributed by atoms with van der Waals surface area (Å²) in [7, 11) is 0. The normalized spacial score (nSPS) is 17.8. The van der Waals surface area contributed by atoms with Crippen molar-refractivity contribution < 1.29 is 5.11 Å². The van der Waals surface area contributed by atoms with E-state index in [1.165, 1.54) is 0 Å². The predicted octanol–water partition coefficient (Wildman–Crippen LogP) is 1.87. The minimum absolute atomic E-state index is 0.0919. The molecule has 14 heavy (non-hydrogen) atoms. The van der Waals surface area contributed by atoms with Crippen molar-refractivity contribution >= 4 is 11.3 Å². The number of hydrogen-bond donors (Lipinski definition) is 2. The molecule has 4 heteroatoms. The Bertz CT molecular complexity index is 285. The Kier molecular flexibility index (Phi) is 4.04. The van der Waals surface area contributed by atoms with E-state index in [0.29, 0.717) is 0 Å². The number of nitrogens with zero attached hydrogens (tertiary/aromatic N) is 1. The molecule has 3 unspecified atom stereocenters. The Hall–Kier alpha value is -0.450. The van der Waals surface area contributed by atoms with E-state index < -0.39 is 0 Å². The molecule has 0 radical (unpaired) electrons. The Labute approximate surface area is 89.2 Å². The summed E-state index contributed by atoms with van der Waals surface area (Å²) >= 11 is 1.66. The van der Waals surface area contributed by atoms with Gasteiger partial charge in [0.15, 0.2) is 0 Å². The van der Waals surface area contributed by atoms with E-state index >= 15 is 0 Å². The van der Waals surface area contributed by atoms with Crippen molar-refractivity contribution in [3.05, 3.63) is 16.1 Å². The third-order valence-corrected chi connectivity index (χ3v) is 3.39. The molecular weight excluding hydrogens is 196 g/mol. The molecule has 3 atom stereocenters. The first kappa shape index (κ1) is 11.6. The number of hydrogen-bond acceptors (Lipinski definition) is 4. The summed E-state index contributed by atoms with van der Waals surface area (Å²) in [4.78, 5) is 4.40. The van der Waals surface area contributed by atoms with Crippen LogP contribution in [0.4, 0.5) is 0 Å². The van der Waals surface area contributed by atoms with Crippen molar-refractivity contribution in [3.63, 3.8) is 0 Å². The van der Waals surface area contributed by atoms with E-state index in [-0.39, 0.29) is 18.2 Å². The summed E-state index contributed by atoms with van der Waals surface area (Å²) in [6.45, 7) is 7.82. The number of aliphatic hydroxyl groups is 1. The minimum atomic E-state index is -0.335. The number of rotatable bonds is 4. The molecule has 0 saturated heterocycles. The zero-order chi connectivity index (χ0) is 10.7. The maximum atomic E-state index is 9.34. The van der Waals surface area contributed by atoms with Crippen LogP contribution in [0.15, 0.2) is 5.38 Å². The predicted molar refractivity (Wildman–Crippen MR) is 59.5 cm³/mol. The molecule has 1 rings (SSSR count). The van der Waals surface area contributed by atoms with Crippen LogP contribution in [0, 0.1) is 6.92 Å². The second-order valence-electron chi connectivity index (χ2n) is 3.74. The van der Waals surface area contributed by atoms with Gasteiger partial charge in [-0.3, -0.25) is 0 Å². The minimum Gasteiger partial charge on any atom is -0.392 e. The van der Waals surface area contributed by atoms with Gasteiger partial charge in [-0.1, -0.05) is 0 Å². The summed E-state index contributed by atoms with van der Waals surface area (Å²) in [5, 5.41) is 15.8. The van der Waals surface area contributed by atoms with Crippen LogP contribution < -0.4 is 5.32 Å². The summed E-state index contributed by atoms with van der Waals surface area (Å²) in [6.07, 6.45) is -0.335. The van der Waals surface area contributed by atoms with Gasteiger partial charge in [0.25, 0.3) is 0 Å². The zero-order valence-corrected chi connectivity index (χ0v) is 9.93. The number of aliphatic hydroxyl groups excluding tert-OH is 1. The van der Waals surface area contributed by atoms with Gasteiger partial charge < -0.3 is 10.4 Å². The molecule has 0 aliphatic heterocycles. The van der Waals surface area contributed by atoms with Crippen LogP contribution in [-0.4, -0.2) is 22.2 Å². The zero-order valence-electron chi connectivity index (χ0n) is 9.11. The number of aryl methyl sites for hydroxylation is 1. The molecule has 1 heterocycles. The van der Waals surface area contributed by atoms with Gasteiger partial charge in [0, 0.05) is 17.1 Å². The summed E-state index contributed by atoms with van der Waals surface area (Å²) in [5.74, 6) is 0. The number of nitrogens with one attached hydrogen (secondary N) is 1. The number of thiazole rings is 1. The van der Waals surface area contributed by atoms with E-state index in [1.807, 2.05) is 19.2 Å². The Morgan fingerprint density at radius 2 is 2.07 bits per heavy atom. The van der Waals surface area contributed by atoms with E-state index in [1.54, 1.807) is 18.3 Å². The van der Waals surface area contributed by atoms with Crippen molar-refractivity contribution in [2.75, 3.05) is 0 Å². The Morgan fingerprint density at radius 1 is 1.43 bits per heavy atom. The second-order valence-corrected chi connectivity index (χ2v) is 4.63. The standard InChI is InChI=1S/C10H18N2OS/c1-6-5-14-10(11-6)8(3)12-7(2)9(4)13/h5,7-9,12-13H,1-4H3. The van der Waals surface area contributed by atoms with E-state index in [9.17, 15) is 5.11 Å². The summed E-state index contributed by atoms with van der Waals surface area (Å²) in [5.41, 5.74) is 1.06. The fraction of sp³-hybridized carbons (Fsp3) is 0.700. The number of aromatic nitrogens is 1. The molecule has 0 spiro atoms. The molecule has 1 aromatic heterocycles. The topological polar surface area (TPSA) is 45.1 Å². The summed E-state index contributed by atoms with van der Waals surface area (Å²) < 4.78 is 0. The molecule has 3 nitrogen and oxygen atoms in total. The van der Waals surface area contributed by atoms with Gasteiger partial charge in [0.05, 0.1) is 12.1 Å². The molecule has 0 fully saturated rings. The van der Waals surface area contributed by atoms with Gasteiger partial charge in [0.2, 0.25) is 0 Å². The van der Waals surface area contributed by atoms with Crippen LogP contribution in [0.5, 0.6) is 0 Å². The van der Waals surface area contributed by atoms with Gasteiger partial charge in [-0.05, 0) is 27.7 Å². The largest absolute Gasteiger partial charge is 0.392 e. The fourth-order valence-corrected chi connectivity index (χ4v) is 1.99. The van der Waals surface area contributed by atoms with Gasteiger partial charge in [-0.2, -0.15) is 0 Å². The van der Waals surface area contributed by atoms with Gasteiger partial charge >= 0.3 is 0 Å². The summed E-state index contributed by atoms with van der Waals surface area (Å²) in [6, 6.07) is 0.299. The van der Waals surface area contributed by atoms with Crippen LogP contribution in [0.2, 0.25) is 0 Å². The van der Waals surface area contributed by atoms with E-state index in [0.717, 1.165) is 10.7 Å². The lowest BCUT2D eigenvalue weighted by Crippen LogP contribution is -2.37. The van der Waals surface area contributed by atoms with Crippen LogP contribution in [-0.2, 0) is 0 Å². The van der Waals surface area contributed by atoms with E-state index in [4.69, 9.17) is 0 Å². The first-order valence-electron chi connectivity index (χ1n) is 4.87. The molecule has 0 bridgehead atoms. The van der Waals surface area contributed by atoms with Gasteiger partial charge in [-0.25, -0.2) is 4.98 Å². The molecule has 0 amide bonds. The van der Waals surface area contributed by atoms with E-state index in [2.05, 4.69) is 17.2 Å². The third-order valence-electron chi connectivity index (χ3n) is 2.24. The monoisotopic (exact) mass is 214 g/mol. The average Bonchev–Trinajstić information content (AvgIpc) is 2.51. The lowest BCUT2D eigenvalue weighted by Gasteiger charge is -2.20. The van der Waals surface area contributed by atoms with Crippen molar-refractivity contribution in [2.24, 2.45) is 0 Å². The van der Waals surface area contributed by atoms with Gasteiger partial charge in [-0.15, -0.1) is 11.3 Å². The maximum Gasteiger partial charge on any atom is 0.110 e. The van der Waals surface area contributed by atoms with Crippen LogP contribution in [0.3, 0.4) is 0 Å². The Balaban J connectivity index is 2.54. The molecule has 2 N–H and O–H groups in total. The average molecular weight is 214 g/mol. The highest BCUT2D eigenvalue weighted by atomic mass is 32.1. The lowest BCUT2D eigenvalue weighted by atomic mass is 10.2. The fourth-order valence-electron chi connectivity index (χ4n) is 1.18. The van der Waals surface area contributed by atoms with Crippen LogP contribution >= 0.6 is 11.3 Å².